The summed E-state index contributed by atoms with van der Waals surface area (Å²) in [6.45, 7) is 1.46. The van der Waals surface area contributed by atoms with E-state index in [-0.39, 0.29) is 32.6 Å². The number of Topliss-reactive ketones (excluding diaryl/α,β-unsaturated/α-hetero) is 1. The van der Waals surface area contributed by atoms with Gasteiger partial charge in [-0.05, 0) is 36.4 Å². The van der Waals surface area contributed by atoms with Gasteiger partial charge < -0.3 is 15.5 Å². The predicted molar refractivity (Wildman–Crippen MR) is 90.6 cm³/mol. The van der Waals surface area contributed by atoms with Crippen LogP contribution in [0.1, 0.15) is 22.8 Å². The molecule has 0 aromatic heterocycles. The molecule has 2 aromatic rings. The Morgan fingerprint density at radius 1 is 1.21 bits per heavy atom. The van der Waals surface area contributed by atoms with Crippen LogP contribution in [0.2, 0.25) is 10.0 Å². The fourth-order valence-corrected chi connectivity index (χ4v) is 3.37. The molecule has 24 heavy (non-hydrogen) atoms. The highest BCUT2D eigenvalue weighted by atomic mass is 35.5. The maximum absolute atomic E-state index is 12.7. The van der Waals surface area contributed by atoms with Crippen molar-refractivity contribution < 1.29 is 19.8 Å². The fourth-order valence-electron chi connectivity index (χ4n) is 2.83. The highest BCUT2D eigenvalue weighted by Crippen LogP contribution is 2.46. The number of nitrogens with one attached hydrogen (secondary N) is 1. The lowest BCUT2D eigenvalue weighted by Gasteiger charge is -2.27. The monoisotopic (exact) mass is 365 g/mol. The van der Waals surface area contributed by atoms with E-state index in [4.69, 9.17) is 23.2 Å². The molecule has 1 aliphatic rings. The van der Waals surface area contributed by atoms with E-state index in [0.29, 0.717) is 0 Å². The number of ketones is 1. The maximum atomic E-state index is 12.7. The number of phenols is 1. The summed E-state index contributed by atoms with van der Waals surface area (Å²) >= 11 is 12.0. The number of halogens is 2. The lowest BCUT2D eigenvalue weighted by atomic mass is 9.79. The molecule has 0 saturated carbocycles. The number of hydrogen-bond acceptors (Lipinski definition) is 4. The van der Waals surface area contributed by atoms with Gasteiger partial charge >= 0.3 is 0 Å². The number of carbonyl (C=O) groups excluding carboxylic acids is 2. The molecule has 2 atom stereocenters. The third kappa shape index (κ3) is 2.45. The Balaban J connectivity index is 2.06. The van der Waals surface area contributed by atoms with Crippen LogP contribution in [-0.2, 0) is 10.4 Å². The number of amides is 1. The van der Waals surface area contributed by atoms with Gasteiger partial charge in [0.05, 0.1) is 16.6 Å². The molecule has 1 amide bonds. The topological polar surface area (TPSA) is 86.6 Å². The molecule has 3 rings (SSSR count). The van der Waals surface area contributed by atoms with Gasteiger partial charge in [-0.2, -0.15) is 0 Å². The van der Waals surface area contributed by atoms with Crippen molar-refractivity contribution in [3.05, 3.63) is 57.6 Å². The third-order valence-electron chi connectivity index (χ3n) is 4.22. The van der Waals surface area contributed by atoms with Crippen molar-refractivity contribution in [2.24, 2.45) is 5.92 Å². The van der Waals surface area contributed by atoms with E-state index >= 15 is 0 Å². The number of phenolic OH excluding ortho intramolecular Hbond substituents is 1. The Labute approximate surface area is 147 Å². The van der Waals surface area contributed by atoms with Crippen LogP contribution in [0.5, 0.6) is 5.75 Å². The van der Waals surface area contributed by atoms with Gasteiger partial charge in [0.2, 0.25) is 0 Å². The van der Waals surface area contributed by atoms with Crippen molar-refractivity contribution in [3.63, 3.8) is 0 Å². The van der Waals surface area contributed by atoms with E-state index in [1.165, 1.54) is 43.3 Å². The summed E-state index contributed by atoms with van der Waals surface area (Å²) in [5, 5.41) is 23.3. The second kappa shape index (κ2) is 5.77. The van der Waals surface area contributed by atoms with Crippen LogP contribution in [0.15, 0.2) is 36.4 Å². The molecule has 0 radical (unpaired) electrons. The first kappa shape index (κ1) is 16.8. The first-order valence-corrected chi connectivity index (χ1v) is 7.87. The molecule has 1 aliphatic heterocycles. The molecule has 7 heteroatoms. The smallest absolute Gasteiger partial charge is 0.261 e. The minimum absolute atomic E-state index is 0.0143. The van der Waals surface area contributed by atoms with Gasteiger partial charge in [0.15, 0.2) is 11.4 Å². The van der Waals surface area contributed by atoms with Crippen molar-refractivity contribution in [1.82, 2.24) is 0 Å². The van der Waals surface area contributed by atoms with Gasteiger partial charge in [-0.15, -0.1) is 0 Å². The average molecular weight is 366 g/mol. The number of benzene rings is 2. The third-order valence-corrected chi connectivity index (χ3v) is 4.74. The van der Waals surface area contributed by atoms with E-state index in [1.54, 1.807) is 0 Å². The molecule has 5 nitrogen and oxygen atoms in total. The number of aliphatic hydroxyl groups is 1. The lowest BCUT2D eigenvalue weighted by molar-refractivity contribution is -0.137. The first-order valence-electron chi connectivity index (χ1n) is 7.11. The second-order valence-electron chi connectivity index (χ2n) is 5.66. The van der Waals surface area contributed by atoms with E-state index < -0.39 is 23.2 Å². The van der Waals surface area contributed by atoms with E-state index in [9.17, 15) is 19.8 Å². The predicted octanol–water partition coefficient (Wildman–Crippen LogP) is 3.36. The summed E-state index contributed by atoms with van der Waals surface area (Å²) in [5.74, 6) is -2.25. The van der Waals surface area contributed by atoms with Gasteiger partial charge in [0, 0.05) is 16.1 Å². The average Bonchev–Trinajstić information content (AvgIpc) is 2.80. The largest absolute Gasteiger partial charge is 0.508 e. The van der Waals surface area contributed by atoms with E-state index in [2.05, 4.69) is 5.32 Å². The number of anilines is 1. The zero-order valence-electron chi connectivity index (χ0n) is 12.5. The Hall–Kier alpha value is -2.08. The molecule has 0 aliphatic carbocycles. The van der Waals surface area contributed by atoms with Crippen LogP contribution in [0.25, 0.3) is 0 Å². The van der Waals surface area contributed by atoms with Gasteiger partial charge in [0.1, 0.15) is 5.75 Å². The van der Waals surface area contributed by atoms with Crippen molar-refractivity contribution in [1.29, 1.82) is 0 Å². The van der Waals surface area contributed by atoms with Gasteiger partial charge in [-0.25, -0.2) is 0 Å². The molecule has 0 saturated heterocycles. The molecule has 0 bridgehead atoms. The van der Waals surface area contributed by atoms with Crippen molar-refractivity contribution in [2.75, 3.05) is 5.32 Å². The molecule has 3 N–H and O–H groups in total. The standard InChI is InChI=1S/C17H13Cl2NO4/c1-8(15(22)9-2-4-11(21)5-3-9)17(24)12-6-10(18)7-13(19)14(12)20-16(17)23/h2-8,21,24H,1H3,(H,20,23)/t8-,17+/m0/s1. The number of rotatable bonds is 3. The van der Waals surface area contributed by atoms with Crippen LogP contribution in [-0.4, -0.2) is 21.9 Å². The second-order valence-corrected chi connectivity index (χ2v) is 6.51. The quantitative estimate of drug-likeness (QED) is 0.727. The molecule has 124 valence electrons. The summed E-state index contributed by atoms with van der Waals surface area (Å²) < 4.78 is 0. The van der Waals surface area contributed by atoms with E-state index in [0.717, 1.165) is 0 Å². The molecular formula is C17H13Cl2NO4. The Kier molecular flexibility index (Phi) is 4.03. The summed E-state index contributed by atoms with van der Waals surface area (Å²) in [7, 11) is 0. The van der Waals surface area contributed by atoms with Crippen molar-refractivity contribution in [2.45, 2.75) is 12.5 Å². The summed E-state index contributed by atoms with van der Waals surface area (Å²) in [5.41, 5.74) is -1.40. The SMILES string of the molecule is C[C@@H](C(=O)c1ccc(O)cc1)[C@]1(O)C(=O)Nc2c(Cl)cc(Cl)cc21. The van der Waals surface area contributed by atoms with Crippen molar-refractivity contribution in [3.8, 4) is 5.75 Å². The van der Waals surface area contributed by atoms with Crippen LogP contribution >= 0.6 is 23.2 Å². The minimum Gasteiger partial charge on any atom is -0.508 e. The molecule has 1 heterocycles. The lowest BCUT2D eigenvalue weighted by Crippen LogP contribution is -2.44. The van der Waals surface area contributed by atoms with Gasteiger partial charge in [-0.3, -0.25) is 9.59 Å². The zero-order chi connectivity index (χ0) is 17.6. The molecule has 0 spiro atoms. The molecular weight excluding hydrogens is 353 g/mol. The molecule has 0 unspecified atom stereocenters. The maximum Gasteiger partial charge on any atom is 0.261 e. The van der Waals surface area contributed by atoms with Crippen LogP contribution in [0.4, 0.5) is 5.69 Å². The number of carbonyl (C=O) groups is 2. The highest BCUT2D eigenvalue weighted by Gasteiger charge is 2.52. The first-order chi connectivity index (χ1) is 11.2. The molecule has 0 fully saturated rings. The minimum atomic E-state index is -2.08. The normalized spacial score (nSPS) is 20.4. The summed E-state index contributed by atoms with van der Waals surface area (Å²) in [6, 6.07) is 8.44. The summed E-state index contributed by atoms with van der Waals surface area (Å²) in [6.07, 6.45) is 0. The van der Waals surface area contributed by atoms with Crippen LogP contribution < -0.4 is 5.32 Å². The van der Waals surface area contributed by atoms with Crippen LogP contribution in [0, 0.1) is 5.92 Å². The number of hydrogen-bond donors (Lipinski definition) is 3. The Bertz CT molecular complexity index is 850. The van der Waals surface area contributed by atoms with Gasteiger partial charge in [0.25, 0.3) is 5.91 Å². The Morgan fingerprint density at radius 2 is 1.83 bits per heavy atom. The highest BCUT2D eigenvalue weighted by molar-refractivity contribution is 6.37. The van der Waals surface area contributed by atoms with E-state index in [1.807, 2.05) is 0 Å². The number of fused-ring (bicyclic) bond motifs is 1. The number of aromatic hydroxyl groups is 1. The fraction of sp³-hybridized carbons (Fsp3) is 0.176. The zero-order valence-corrected chi connectivity index (χ0v) is 14.0. The van der Waals surface area contributed by atoms with Crippen molar-refractivity contribution >= 4 is 40.6 Å². The summed E-state index contributed by atoms with van der Waals surface area (Å²) in [4.78, 5) is 25.1. The molecule has 2 aromatic carbocycles. The van der Waals surface area contributed by atoms with Gasteiger partial charge in [-0.1, -0.05) is 30.1 Å². The Morgan fingerprint density at radius 3 is 2.46 bits per heavy atom. The van der Waals surface area contributed by atoms with Crippen LogP contribution in [0.3, 0.4) is 0 Å².